The molecule has 3 aromatic rings. The van der Waals surface area contributed by atoms with Crippen LogP contribution in [-0.2, 0) is 4.74 Å². The second kappa shape index (κ2) is 10.2. The second-order valence-electron chi connectivity index (χ2n) is 10.5. The highest BCUT2D eigenvalue weighted by molar-refractivity contribution is 6.06. The van der Waals surface area contributed by atoms with Crippen molar-refractivity contribution in [3.8, 4) is 11.1 Å². The molecule has 1 aliphatic carbocycles. The molecule has 39 heavy (non-hydrogen) atoms. The number of nitrogens with one attached hydrogen (secondary N) is 1. The predicted octanol–water partition coefficient (Wildman–Crippen LogP) is 5.73. The molecule has 2 bridgehead atoms. The van der Waals surface area contributed by atoms with E-state index in [0.29, 0.717) is 24.7 Å². The number of pyridine rings is 1. The van der Waals surface area contributed by atoms with Crippen LogP contribution < -0.4 is 10.2 Å². The van der Waals surface area contributed by atoms with E-state index in [2.05, 4.69) is 20.3 Å². The van der Waals surface area contributed by atoms with E-state index < -0.39 is 23.5 Å². The van der Waals surface area contributed by atoms with Gasteiger partial charge in [-0.1, -0.05) is 0 Å². The predicted molar refractivity (Wildman–Crippen MR) is 136 cm³/mol. The van der Waals surface area contributed by atoms with Gasteiger partial charge in [-0.3, -0.25) is 9.78 Å². The van der Waals surface area contributed by atoms with Gasteiger partial charge in [0, 0.05) is 61.6 Å². The zero-order valence-corrected chi connectivity index (χ0v) is 21.0. The van der Waals surface area contributed by atoms with Crippen LogP contribution in [0.1, 0.15) is 60.5 Å². The van der Waals surface area contributed by atoms with E-state index in [-0.39, 0.29) is 66.2 Å². The van der Waals surface area contributed by atoms with Crippen molar-refractivity contribution in [3.63, 3.8) is 0 Å². The van der Waals surface area contributed by atoms with Gasteiger partial charge in [0.05, 0.1) is 29.2 Å². The van der Waals surface area contributed by atoms with Gasteiger partial charge in [-0.2, -0.15) is 0 Å². The van der Waals surface area contributed by atoms with Crippen LogP contribution in [-0.4, -0.2) is 52.1 Å². The first-order chi connectivity index (χ1) is 18.8. The smallest absolute Gasteiger partial charge is 0.258 e. The van der Waals surface area contributed by atoms with Crippen molar-refractivity contribution >= 4 is 17.5 Å². The number of ether oxygens (including phenoxy) is 1. The Balaban J connectivity index is 1.30. The summed E-state index contributed by atoms with van der Waals surface area (Å²) in [5, 5.41) is 2.79. The van der Waals surface area contributed by atoms with E-state index in [9.17, 15) is 22.4 Å². The molecule has 204 valence electrons. The van der Waals surface area contributed by atoms with Crippen LogP contribution in [0.2, 0.25) is 0 Å². The number of carbonyl (C=O) groups excluding carboxylic acids is 1. The molecular weight excluding hydrogens is 514 g/mol. The van der Waals surface area contributed by atoms with Gasteiger partial charge in [-0.15, -0.1) is 0 Å². The number of carbonyl (C=O) groups is 1. The van der Waals surface area contributed by atoms with Crippen molar-refractivity contribution in [2.75, 3.05) is 23.3 Å². The summed E-state index contributed by atoms with van der Waals surface area (Å²) in [6.07, 6.45) is 6.22. The maximum atomic E-state index is 14.8. The Morgan fingerprint density at radius 2 is 1.64 bits per heavy atom. The fourth-order valence-corrected chi connectivity index (χ4v) is 5.73. The van der Waals surface area contributed by atoms with Crippen LogP contribution in [0.25, 0.3) is 11.1 Å². The molecule has 6 rings (SSSR count). The summed E-state index contributed by atoms with van der Waals surface area (Å²) in [6.45, 7) is 1.37. The molecular formula is C28H27F4N5O2. The molecule has 11 heteroatoms. The number of morpholine rings is 1. The molecule has 3 aliphatic rings. The second-order valence-corrected chi connectivity index (χ2v) is 10.5. The Morgan fingerprint density at radius 3 is 2.33 bits per heavy atom. The third kappa shape index (κ3) is 5.32. The summed E-state index contributed by atoms with van der Waals surface area (Å²) in [6, 6.07) is 4.51. The average Bonchev–Trinajstić information content (AvgIpc) is 3.27. The molecule has 3 fully saturated rings. The molecule has 2 unspecified atom stereocenters. The van der Waals surface area contributed by atoms with Crippen LogP contribution >= 0.6 is 0 Å². The fourth-order valence-electron chi connectivity index (χ4n) is 5.73. The Hall–Kier alpha value is -3.60. The van der Waals surface area contributed by atoms with Crippen molar-refractivity contribution in [3.05, 3.63) is 65.7 Å². The lowest BCUT2D eigenvalue weighted by Crippen LogP contribution is -2.43. The molecule has 1 aromatic carbocycles. The Morgan fingerprint density at radius 1 is 0.949 bits per heavy atom. The number of benzene rings is 1. The van der Waals surface area contributed by atoms with E-state index in [0.717, 1.165) is 31.0 Å². The first-order valence-corrected chi connectivity index (χ1v) is 13.1. The number of anilines is 2. The zero-order chi connectivity index (χ0) is 27.1. The summed E-state index contributed by atoms with van der Waals surface area (Å²) < 4.78 is 62.5. The molecule has 1 saturated carbocycles. The number of alkyl halides is 2. The molecule has 1 N–H and O–H groups in total. The molecule has 0 spiro atoms. The van der Waals surface area contributed by atoms with Crippen LogP contribution in [0, 0.1) is 11.6 Å². The van der Waals surface area contributed by atoms with E-state index in [1.807, 2.05) is 4.90 Å². The number of amides is 1. The minimum Gasteiger partial charge on any atom is -0.371 e. The lowest BCUT2D eigenvalue weighted by atomic mass is 9.83. The molecule has 2 aliphatic heterocycles. The monoisotopic (exact) mass is 541 g/mol. The quantitative estimate of drug-likeness (QED) is 0.416. The van der Waals surface area contributed by atoms with E-state index in [4.69, 9.17) is 4.74 Å². The third-order valence-corrected chi connectivity index (χ3v) is 7.77. The average molecular weight is 542 g/mol. The topological polar surface area (TPSA) is 80.2 Å². The number of fused-ring (bicyclic) bond motifs is 2. The minimum atomic E-state index is -2.76. The highest BCUT2D eigenvalue weighted by atomic mass is 19.3. The highest BCUT2D eigenvalue weighted by Gasteiger charge is 2.37. The van der Waals surface area contributed by atoms with Crippen molar-refractivity contribution < 1.29 is 27.1 Å². The van der Waals surface area contributed by atoms with Gasteiger partial charge in [0.25, 0.3) is 5.91 Å². The number of halogens is 4. The number of hydrogen-bond donors (Lipinski definition) is 1. The van der Waals surface area contributed by atoms with Gasteiger partial charge in [-0.25, -0.2) is 27.5 Å². The Bertz CT molecular complexity index is 1360. The first kappa shape index (κ1) is 25.7. The SMILES string of the molecule is O=C(Nc1c(-c2cc(F)ccc2F)ccnc1C1CCC(F)(F)CC1)c1cnc(N2CC3CCC(C2)O3)nc1. The summed E-state index contributed by atoms with van der Waals surface area (Å²) >= 11 is 0. The molecule has 2 saturated heterocycles. The van der Waals surface area contributed by atoms with Crippen LogP contribution in [0.3, 0.4) is 0 Å². The van der Waals surface area contributed by atoms with Crippen molar-refractivity contribution in [1.29, 1.82) is 0 Å². The van der Waals surface area contributed by atoms with Crippen molar-refractivity contribution in [1.82, 2.24) is 15.0 Å². The third-order valence-electron chi connectivity index (χ3n) is 7.77. The fraction of sp³-hybridized carbons (Fsp3) is 0.429. The number of hydrogen-bond acceptors (Lipinski definition) is 6. The van der Waals surface area contributed by atoms with Crippen molar-refractivity contribution in [2.24, 2.45) is 0 Å². The zero-order valence-electron chi connectivity index (χ0n) is 21.0. The lowest BCUT2D eigenvalue weighted by Gasteiger charge is -2.32. The molecule has 2 atom stereocenters. The first-order valence-electron chi connectivity index (χ1n) is 13.1. The summed E-state index contributed by atoms with van der Waals surface area (Å²) in [4.78, 5) is 28.6. The Labute approximate surface area is 222 Å². The van der Waals surface area contributed by atoms with Crippen LogP contribution in [0.15, 0.2) is 42.9 Å². The molecule has 7 nitrogen and oxygen atoms in total. The van der Waals surface area contributed by atoms with Gasteiger partial charge in [-0.05, 0) is 49.9 Å². The maximum absolute atomic E-state index is 14.8. The summed E-state index contributed by atoms with van der Waals surface area (Å²) in [5.74, 6) is -4.56. The van der Waals surface area contributed by atoms with Gasteiger partial charge in [0.2, 0.25) is 11.9 Å². The van der Waals surface area contributed by atoms with Gasteiger partial charge < -0.3 is 15.0 Å². The van der Waals surface area contributed by atoms with E-state index >= 15 is 0 Å². The number of nitrogens with zero attached hydrogens (tertiary/aromatic N) is 4. The number of rotatable bonds is 5. The minimum absolute atomic E-state index is 0.0661. The summed E-state index contributed by atoms with van der Waals surface area (Å²) in [7, 11) is 0. The van der Waals surface area contributed by atoms with Gasteiger partial charge >= 0.3 is 0 Å². The number of aromatic nitrogens is 3. The van der Waals surface area contributed by atoms with Crippen molar-refractivity contribution in [2.45, 2.75) is 62.6 Å². The standard InChI is InChI=1S/C28H27F4N5O2/c29-18-1-4-23(30)22(11-18)21-7-10-33-24(16-5-8-28(31,32)9-6-16)25(21)36-26(38)17-12-34-27(35-13-17)37-14-19-2-3-20(15-37)39-19/h1,4,7,10-13,16,19-20H,2-3,5-6,8-9,14-15H2,(H,36,38). The van der Waals surface area contributed by atoms with Gasteiger partial charge in [0.15, 0.2) is 0 Å². The maximum Gasteiger partial charge on any atom is 0.258 e. The largest absolute Gasteiger partial charge is 0.371 e. The molecule has 1 amide bonds. The van der Waals surface area contributed by atoms with Crippen LogP contribution in [0.4, 0.5) is 29.2 Å². The molecule has 2 aromatic heterocycles. The van der Waals surface area contributed by atoms with Crippen LogP contribution in [0.5, 0.6) is 0 Å². The summed E-state index contributed by atoms with van der Waals surface area (Å²) in [5.41, 5.74) is 0.829. The molecule has 4 heterocycles. The molecule has 0 radical (unpaired) electrons. The Kier molecular flexibility index (Phi) is 6.70. The highest BCUT2D eigenvalue weighted by Crippen LogP contribution is 2.44. The van der Waals surface area contributed by atoms with E-state index in [1.165, 1.54) is 24.7 Å². The lowest BCUT2D eigenvalue weighted by molar-refractivity contribution is -0.0384. The van der Waals surface area contributed by atoms with E-state index in [1.54, 1.807) is 0 Å². The van der Waals surface area contributed by atoms with Gasteiger partial charge in [0.1, 0.15) is 11.6 Å². The normalized spacial score (nSPS) is 22.6.